The monoisotopic (exact) mass is 250 g/mol. The molecule has 0 amide bonds. The van der Waals surface area contributed by atoms with Crippen molar-refractivity contribution in [3.63, 3.8) is 0 Å². The summed E-state index contributed by atoms with van der Waals surface area (Å²) < 4.78 is 5.44. The van der Waals surface area contributed by atoms with Crippen molar-refractivity contribution in [3.05, 3.63) is 35.6 Å². The van der Waals surface area contributed by atoms with Crippen LogP contribution < -0.4 is 0 Å². The number of hydrogen-bond donors (Lipinski definition) is 0. The smallest absolute Gasteiger partial charge is 0.106 e. The van der Waals surface area contributed by atoms with Gasteiger partial charge in [0.2, 0.25) is 0 Å². The zero-order chi connectivity index (χ0) is 13.6. The van der Waals surface area contributed by atoms with Crippen LogP contribution in [-0.4, -0.2) is 6.61 Å². The van der Waals surface area contributed by atoms with E-state index in [2.05, 4.69) is 45.9 Å². The molecule has 0 fully saturated rings. The summed E-state index contributed by atoms with van der Waals surface area (Å²) >= 11 is 0. The zero-order valence-corrected chi connectivity index (χ0v) is 12.7. The Morgan fingerprint density at radius 3 is 2.44 bits per heavy atom. The Morgan fingerprint density at radius 1 is 1.00 bits per heavy atom. The molecular formula is C17H30O. The standard InChI is InChI=1S/C17H30O/c1-5-6-7-8-9-14-18-15-13-17(4)12-10-11-16(2)3/h9,11,13-14H,5-8,10,12,15H2,1-4H3/b14-9?,17-13+. The third-order valence-corrected chi connectivity index (χ3v) is 2.79. The van der Waals surface area contributed by atoms with E-state index >= 15 is 0 Å². The largest absolute Gasteiger partial charge is 0.497 e. The summed E-state index contributed by atoms with van der Waals surface area (Å²) in [5, 5.41) is 0. The van der Waals surface area contributed by atoms with Gasteiger partial charge in [0.15, 0.2) is 0 Å². The van der Waals surface area contributed by atoms with Crippen LogP contribution in [0.5, 0.6) is 0 Å². The maximum Gasteiger partial charge on any atom is 0.106 e. The van der Waals surface area contributed by atoms with Gasteiger partial charge in [-0.1, -0.05) is 37.0 Å². The average molecular weight is 250 g/mol. The highest BCUT2D eigenvalue weighted by Crippen LogP contribution is 2.06. The molecule has 0 aliphatic rings. The minimum absolute atomic E-state index is 0.699. The number of rotatable bonds is 10. The molecule has 0 unspecified atom stereocenters. The Balaban J connectivity index is 3.53. The van der Waals surface area contributed by atoms with Crippen LogP contribution in [0.4, 0.5) is 0 Å². The van der Waals surface area contributed by atoms with Crippen LogP contribution in [0.3, 0.4) is 0 Å². The quantitative estimate of drug-likeness (QED) is 0.271. The van der Waals surface area contributed by atoms with Crippen molar-refractivity contribution in [1.82, 2.24) is 0 Å². The van der Waals surface area contributed by atoms with Crippen LogP contribution in [0.15, 0.2) is 35.6 Å². The minimum Gasteiger partial charge on any atom is -0.497 e. The molecule has 0 radical (unpaired) electrons. The third kappa shape index (κ3) is 13.1. The summed E-state index contributed by atoms with van der Waals surface area (Å²) in [7, 11) is 0. The first-order valence-electron chi connectivity index (χ1n) is 7.22. The van der Waals surface area contributed by atoms with Crippen molar-refractivity contribution in [2.24, 2.45) is 0 Å². The van der Waals surface area contributed by atoms with Crippen LogP contribution >= 0.6 is 0 Å². The van der Waals surface area contributed by atoms with E-state index in [0.29, 0.717) is 6.61 Å². The van der Waals surface area contributed by atoms with Gasteiger partial charge in [-0.15, -0.1) is 0 Å². The Hall–Kier alpha value is -0.980. The topological polar surface area (TPSA) is 9.23 Å². The van der Waals surface area contributed by atoms with Crippen molar-refractivity contribution in [2.75, 3.05) is 6.61 Å². The summed E-state index contributed by atoms with van der Waals surface area (Å²) in [4.78, 5) is 0. The molecular weight excluding hydrogens is 220 g/mol. The summed E-state index contributed by atoms with van der Waals surface area (Å²) in [5.41, 5.74) is 2.81. The molecule has 18 heavy (non-hydrogen) atoms. The predicted octanol–water partition coefficient (Wildman–Crippen LogP) is 5.79. The number of ether oxygens (including phenoxy) is 1. The van der Waals surface area contributed by atoms with E-state index in [0.717, 1.165) is 19.3 Å². The molecule has 0 aromatic carbocycles. The molecule has 0 saturated heterocycles. The highest BCUT2D eigenvalue weighted by molar-refractivity contribution is 5.02. The van der Waals surface area contributed by atoms with Gasteiger partial charge in [-0.25, -0.2) is 0 Å². The molecule has 0 aromatic heterocycles. The van der Waals surface area contributed by atoms with Crippen LogP contribution in [0, 0.1) is 0 Å². The number of unbranched alkanes of at least 4 members (excludes halogenated alkanes) is 3. The first-order valence-corrected chi connectivity index (χ1v) is 7.22. The lowest BCUT2D eigenvalue weighted by Crippen LogP contribution is -1.85. The van der Waals surface area contributed by atoms with E-state index in [-0.39, 0.29) is 0 Å². The Morgan fingerprint density at radius 2 is 1.78 bits per heavy atom. The van der Waals surface area contributed by atoms with Crippen LogP contribution in [-0.2, 0) is 4.74 Å². The first kappa shape index (κ1) is 17.0. The number of allylic oxidation sites excluding steroid dienone is 4. The lowest BCUT2D eigenvalue weighted by atomic mass is 10.1. The van der Waals surface area contributed by atoms with Crippen molar-refractivity contribution < 1.29 is 4.74 Å². The highest BCUT2D eigenvalue weighted by Gasteiger charge is 1.88. The van der Waals surface area contributed by atoms with Crippen LogP contribution in [0.25, 0.3) is 0 Å². The maximum absolute atomic E-state index is 5.44. The molecule has 0 heterocycles. The highest BCUT2D eigenvalue weighted by atomic mass is 16.5. The second-order valence-electron chi connectivity index (χ2n) is 5.07. The fourth-order valence-corrected chi connectivity index (χ4v) is 1.58. The van der Waals surface area contributed by atoms with Gasteiger partial charge < -0.3 is 4.74 Å². The van der Waals surface area contributed by atoms with Gasteiger partial charge in [0, 0.05) is 0 Å². The molecule has 104 valence electrons. The minimum atomic E-state index is 0.699. The summed E-state index contributed by atoms with van der Waals surface area (Å²) in [6, 6.07) is 0. The lowest BCUT2D eigenvalue weighted by molar-refractivity contribution is 0.287. The molecule has 0 bridgehead atoms. The summed E-state index contributed by atoms with van der Waals surface area (Å²) in [6.07, 6.45) is 15.7. The van der Waals surface area contributed by atoms with Gasteiger partial charge in [0.1, 0.15) is 6.61 Å². The van der Waals surface area contributed by atoms with Gasteiger partial charge >= 0.3 is 0 Å². The van der Waals surface area contributed by atoms with Gasteiger partial charge in [0.05, 0.1) is 6.26 Å². The van der Waals surface area contributed by atoms with Crippen molar-refractivity contribution in [2.45, 2.75) is 66.2 Å². The first-order chi connectivity index (χ1) is 8.66. The summed E-state index contributed by atoms with van der Waals surface area (Å²) in [6.45, 7) is 9.39. The molecule has 0 aromatic rings. The van der Waals surface area contributed by atoms with Gasteiger partial charge in [-0.2, -0.15) is 0 Å². The van der Waals surface area contributed by atoms with E-state index in [1.165, 1.54) is 30.4 Å². The normalized spacial score (nSPS) is 11.9. The van der Waals surface area contributed by atoms with E-state index in [1.807, 2.05) is 6.26 Å². The van der Waals surface area contributed by atoms with Crippen molar-refractivity contribution in [3.8, 4) is 0 Å². The zero-order valence-electron chi connectivity index (χ0n) is 12.7. The molecule has 1 nitrogen and oxygen atoms in total. The summed E-state index contributed by atoms with van der Waals surface area (Å²) in [5.74, 6) is 0. The molecule has 0 atom stereocenters. The Labute approximate surface area is 114 Å². The average Bonchev–Trinajstić information content (AvgIpc) is 2.32. The van der Waals surface area contributed by atoms with Crippen molar-refractivity contribution in [1.29, 1.82) is 0 Å². The maximum atomic E-state index is 5.44. The third-order valence-electron chi connectivity index (χ3n) is 2.79. The lowest BCUT2D eigenvalue weighted by Gasteiger charge is -2.00. The Bertz CT molecular complexity index is 267. The fraction of sp³-hybridized carbons (Fsp3) is 0.647. The molecule has 0 aliphatic carbocycles. The van der Waals surface area contributed by atoms with Crippen LogP contribution in [0.2, 0.25) is 0 Å². The van der Waals surface area contributed by atoms with Gasteiger partial charge in [0.25, 0.3) is 0 Å². The van der Waals surface area contributed by atoms with E-state index < -0.39 is 0 Å². The van der Waals surface area contributed by atoms with Crippen molar-refractivity contribution >= 4 is 0 Å². The van der Waals surface area contributed by atoms with E-state index in [1.54, 1.807) is 0 Å². The van der Waals surface area contributed by atoms with Gasteiger partial charge in [-0.3, -0.25) is 0 Å². The van der Waals surface area contributed by atoms with Gasteiger partial charge in [-0.05, 0) is 58.6 Å². The number of hydrogen-bond acceptors (Lipinski definition) is 1. The molecule has 0 rings (SSSR count). The second kappa shape index (κ2) is 12.5. The SMILES string of the molecule is CCCCCC=COC/C=C(\C)CCC=C(C)C. The van der Waals surface area contributed by atoms with Crippen LogP contribution in [0.1, 0.15) is 66.2 Å². The van der Waals surface area contributed by atoms with E-state index in [9.17, 15) is 0 Å². The Kier molecular flexibility index (Phi) is 11.8. The second-order valence-corrected chi connectivity index (χ2v) is 5.07. The predicted molar refractivity (Wildman–Crippen MR) is 81.7 cm³/mol. The molecule has 0 aliphatic heterocycles. The van der Waals surface area contributed by atoms with E-state index in [4.69, 9.17) is 4.74 Å². The molecule has 0 saturated carbocycles. The fourth-order valence-electron chi connectivity index (χ4n) is 1.58. The molecule has 0 N–H and O–H groups in total. The molecule has 1 heteroatoms. The molecule has 0 spiro atoms.